The van der Waals surface area contributed by atoms with Gasteiger partial charge in [-0.25, -0.2) is 0 Å². The molecule has 0 saturated heterocycles. The summed E-state index contributed by atoms with van der Waals surface area (Å²) in [5, 5.41) is 20.4. The maximum atomic E-state index is 10.9. The maximum absolute atomic E-state index is 10.9. The Morgan fingerprint density at radius 2 is 2.17 bits per heavy atom. The largest absolute Gasteiger partial charge is 0.383 e. The van der Waals surface area contributed by atoms with Crippen LogP contribution in [0.4, 0.5) is 5.69 Å². The zero-order chi connectivity index (χ0) is 17.7. The van der Waals surface area contributed by atoms with E-state index in [1.165, 1.54) is 12.1 Å². The minimum absolute atomic E-state index is 0.0285. The fraction of sp³-hybridized carbons (Fsp3) is 0.278. The summed E-state index contributed by atoms with van der Waals surface area (Å²) < 4.78 is 7.24. The molecule has 1 heterocycles. The van der Waals surface area contributed by atoms with E-state index >= 15 is 0 Å². The number of allylic oxidation sites excluding steroid dienone is 1. The van der Waals surface area contributed by atoms with Crippen molar-refractivity contribution in [3.63, 3.8) is 0 Å². The Kier molecular flexibility index (Phi) is 5.51. The van der Waals surface area contributed by atoms with E-state index in [0.29, 0.717) is 17.7 Å². The highest BCUT2D eigenvalue weighted by molar-refractivity contribution is 5.90. The number of nitrogens with zero attached hydrogens (tertiary/aromatic N) is 3. The molecule has 0 radical (unpaired) electrons. The number of nitriles is 1. The number of methoxy groups -OCH3 is 1. The lowest BCUT2D eigenvalue weighted by atomic mass is 10.0. The first-order valence-electron chi connectivity index (χ1n) is 7.50. The number of rotatable bonds is 6. The van der Waals surface area contributed by atoms with Crippen LogP contribution in [0.1, 0.15) is 22.5 Å². The number of nitro benzene ring substituents is 1. The van der Waals surface area contributed by atoms with Crippen molar-refractivity contribution in [2.45, 2.75) is 20.4 Å². The van der Waals surface area contributed by atoms with Crippen molar-refractivity contribution >= 4 is 17.3 Å². The Balaban J connectivity index is 2.43. The van der Waals surface area contributed by atoms with Crippen molar-refractivity contribution in [2.75, 3.05) is 13.7 Å². The molecule has 0 aliphatic rings. The lowest BCUT2D eigenvalue weighted by Gasteiger charge is -2.08. The molecule has 0 atom stereocenters. The van der Waals surface area contributed by atoms with Gasteiger partial charge in [-0.15, -0.1) is 0 Å². The monoisotopic (exact) mass is 325 g/mol. The molecule has 0 N–H and O–H groups in total. The zero-order valence-electron chi connectivity index (χ0n) is 13.9. The molecule has 6 heteroatoms. The van der Waals surface area contributed by atoms with Crippen molar-refractivity contribution in [3.8, 4) is 6.07 Å². The van der Waals surface area contributed by atoms with Crippen LogP contribution in [0.2, 0.25) is 0 Å². The van der Waals surface area contributed by atoms with Gasteiger partial charge in [-0.1, -0.05) is 12.1 Å². The third kappa shape index (κ3) is 3.70. The summed E-state index contributed by atoms with van der Waals surface area (Å²) in [5.74, 6) is 0. The van der Waals surface area contributed by atoms with Gasteiger partial charge in [-0.2, -0.15) is 5.26 Å². The van der Waals surface area contributed by atoms with Gasteiger partial charge < -0.3 is 9.30 Å². The second-order valence-corrected chi connectivity index (χ2v) is 5.45. The Hall–Kier alpha value is -2.91. The number of aryl methyl sites for hydroxylation is 1. The third-order valence-electron chi connectivity index (χ3n) is 3.92. The van der Waals surface area contributed by atoms with Crippen LogP contribution in [0.3, 0.4) is 0 Å². The summed E-state index contributed by atoms with van der Waals surface area (Å²) in [5.41, 5.74) is 3.93. The lowest BCUT2D eigenvalue weighted by Crippen LogP contribution is -2.07. The highest BCUT2D eigenvalue weighted by Gasteiger charge is 2.11. The number of benzene rings is 1. The predicted octanol–water partition coefficient (Wildman–Crippen LogP) is 3.72. The van der Waals surface area contributed by atoms with Crippen LogP contribution in [0.25, 0.3) is 11.6 Å². The first-order chi connectivity index (χ1) is 11.5. The van der Waals surface area contributed by atoms with Gasteiger partial charge in [-0.3, -0.25) is 10.1 Å². The Bertz CT molecular complexity index is 829. The SMILES string of the molecule is COCCn1c(C)cc(/C=C(\C#N)c2cccc([N+](=O)[O-])c2)c1C. The molecule has 1 aromatic heterocycles. The van der Waals surface area contributed by atoms with E-state index < -0.39 is 4.92 Å². The minimum Gasteiger partial charge on any atom is -0.383 e. The van der Waals surface area contributed by atoms with Crippen molar-refractivity contribution in [2.24, 2.45) is 0 Å². The van der Waals surface area contributed by atoms with Crippen LogP contribution in [0, 0.1) is 35.3 Å². The highest BCUT2D eigenvalue weighted by Crippen LogP contribution is 2.24. The van der Waals surface area contributed by atoms with Gasteiger partial charge >= 0.3 is 0 Å². The van der Waals surface area contributed by atoms with Crippen LogP contribution in [-0.4, -0.2) is 23.2 Å². The van der Waals surface area contributed by atoms with E-state index in [1.54, 1.807) is 25.3 Å². The van der Waals surface area contributed by atoms with Gasteiger partial charge in [0, 0.05) is 37.2 Å². The molecule has 0 spiro atoms. The Labute approximate surface area is 140 Å². The van der Waals surface area contributed by atoms with Crippen LogP contribution in [0.15, 0.2) is 30.3 Å². The smallest absolute Gasteiger partial charge is 0.270 e. The van der Waals surface area contributed by atoms with E-state index in [9.17, 15) is 15.4 Å². The minimum atomic E-state index is -0.463. The summed E-state index contributed by atoms with van der Waals surface area (Å²) in [6.45, 7) is 5.33. The highest BCUT2D eigenvalue weighted by atomic mass is 16.6. The molecule has 0 bridgehead atoms. The Morgan fingerprint density at radius 3 is 2.79 bits per heavy atom. The van der Waals surface area contributed by atoms with Crippen molar-refractivity contribution in [3.05, 3.63) is 63.0 Å². The van der Waals surface area contributed by atoms with E-state index in [1.807, 2.05) is 19.9 Å². The molecule has 0 fully saturated rings. The number of ether oxygens (including phenoxy) is 1. The summed E-state index contributed by atoms with van der Waals surface area (Å²) in [6, 6.07) is 10.2. The van der Waals surface area contributed by atoms with Crippen molar-refractivity contribution in [1.82, 2.24) is 4.57 Å². The standard InChI is InChI=1S/C18H19N3O3/c1-13-9-16(14(2)20(13)7-8-24-3)10-17(12-19)15-5-4-6-18(11-15)21(22)23/h4-6,9-11H,7-8H2,1-3H3/b17-10+. The third-order valence-corrected chi connectivity index (χ3v) is 3.92. The number of hydrogen-bond donors (Lipinski definition) is 0. The molecule has 2 rings (SSSR count). The fourth-order valence-electron chi connectivity index (χ4n) is 2.62. The molecule has 1 aromatic carbocycles. The lowest BCUT2D eigenvalue weighted by molar-refractivity contribution is -0.384. The molecule has 124 valence electrons. The first kappa shape index (κ1) is 17.4. The van der Waals surface area contributed by atoms with Crippen LogP contribution < -0.4 is 0 Å². The average Bonchev–Trinajstić information content (AvgIpc) is 2.84. The molecule has 0 unspecified atom stereocenters. The summed E-state index contributed by atoms with van der Waals surface area (Å²) in [4.78, 5) is 10.4. The van der Waals surface area contributed by atoms with Crippen molar-refractivity contribution < 1.29 is 9.66 Å². The molecule has 0 aliphatic carbocycles. The number of nitro groups is 1. The van der Waals surface area contributed by atoms with E-state index in [4.69, 9.17) is 4.74 Å². The number of non-ortho nitro benzene ring substituents is 1. The van der Waals surface area contributed by atoms with Crippen LogP contribution in [-0.2, 0) is 11.3 Å². The van der Waals surface area contributed by atoms with Gasteiger partial charge in [-0.05, 0) is 37.1 Å². The molecule has 2 aromatic rings. The normalized spacial score (nSPS) is 11.3. The summed E-state index contributed by atoms with van der Waals surface area (Å²) >= 11 is 0. The molecule has 24 heavy (non-hydrogen) atoms. The zero-order valence-corrected chi connectivity index (χ0v) is 13.9. The second-order valence-electron chi connectivity index (χ2n) is 5.45. The molecule has 0 saturated carbocycles. The molecular formula is C18H19N3O3. The van der Waals surface area contributed by atoms with Gasteiger partial charge in [0.25, 0.3) is 5.69 Å². The number of aromatic nitrogens is 1. The Morgan fingerprint density at radius 1 is 1.42 bits per heavy atom. The van der Waals surface area contributed by atoms with E-state index in [-0.39, 0.29) is 5.69 Å². The molecular weight excluding hydrogens is 306 g/mol. The van der Waals surface area contributed by atoms with Gasteiger partial charge in [0.2, 0.25) is 0 Å². The summed E-state index contributed by atoms with van der Waals surface area (Å²) in [7, 11) is 1.66. The van der Waals surface area contributed by atoms with Crippen molar-refractivity contribution in [1.29, 1.82) is 5.26 Å². The van der Waals surface area contributed by atoms with Crippen LogP contribution in [0.5, 0.6) is 0 Å². The first-order valence-corrected chi connectivity index (χ1v) is 7.50. The van der Waals surface area contributed by atoms with Gasteiger partial charge in [0.1, 0.15) is 0 Å². The topological polar surface area (TPSA) is 81.1 Å². The van der Waals surface area contributed by atoms with E-state index in [2.05, 4.69) is 10.6 Å². The quantitative estimate of drug-likeness (QED) is 0.460. The van der Waals surface area contributed by atoms with Crippen LogP contribution >= 0.6 is 0 Å². The molecule has 0 aliphatic heterocycles. The molecule has 0 amide bonds. The average molecular weight is 325 g/mol. The summed E-state index contributed by atoms with van der Waals surface area (Å²) in [6.07, 6.45) is 1.77. The molecule has 6 nitrogen and oxygen atoms in total. The van der Waals surface area contributed by atoms with Gasteiger partial charge in [0.15, 0.2) is 0 Å². The number of hydrogen-bond acceptors (Lipinski definition) is 4. The predicted molar refractivity (Wildman–Crippen MR) is 92.4 cm³/mol. The maximum Gasteiger partial charge on any atom is 0.270 e. The fourth-order valence-corrected chi connectivity index (χ4v) is 2.62. The van der Waals surface area contributed by atoms with Gasteiger partial charge in [0.05, 0.1) is 23.2 Å². The van der Waals surface area contributed by atoms with E-state index in [0.717, 1.165) is 23.5 Å². The second kappa shape index (κ2) is 7.57.